The standard InChI is InChI=1S/C17H18BrNO2/c1-11-5-4-6-15(12(11)2)19-10-16(20)13-7-8-17(21-3)14(18)9-13/h4-9,19H,10H2,1-3H3. The molecule has 110 valence electrons. The maximum Gasteiger partial charge on any atom is 0.181 e. The zero-order chi connectivity index (χ0) is 15.4. The second-order valence-corrected chi connectivity index (χ2v) is 5.73. The number of aryl methyl sites for hydroxylation is 1. The van der Waals surface area contributed by atoms with Crippen molar-refractivity contribution < 1.29 is 9.53 Å². The van der Waals surface area contributed by atoms with Crippen molar-refractivity contribution in [3.05, 3.63) is 57.6 Å². The molecule has 1 N–H and O–H groups in total. The highest BCUT2D eigenvalue weighted by molar-refractivity contribution is 9.10. The maximum atomic E-state index is 12.2. The topological polar surface area (TPSA) is 38.3 Å². The van der Waals surface area contributed by atoms with E-state index in [1.54, 1.807) is 25.3 Å². The van der Waals surface area contributed by atoms with Crippen LogP contribution in [0, 0.1) is 13.8 Å². The van der Waals surface area contributed by atoms with E-state index in [9.17, 15) is 4.79 Å². The minimum absolute atomic E-state index is 0.0410. The highest BCUT2D eigenvalue weighted by Crippen LogP contribution is 2.26. The number of benzene rings is 2. The van der Waals surface area contributed by atoms with Crippen molar-refractivity contribution in [2.45, 2.75) is 13.8 Å². The summed E-state index contributed by atoms with van der Waals surface area (Å²) in [4.78, 5) is 12.2. The van der Waals surface area contributed by atoms with Gasteiger partial charge in [-0.3, -0.25) is 4.79 Å². The average Bonchev–Trinajstić information content (AvgIpc) is 2.48. The summed E-state index contributed by atoms with van der Waals surface area (Å²) in [6.07, 6.45) is 0. The Morgan fingerprint density at radius 3 is 2.67 bits per heavy atom. The number of carbonyl (C=O) groups is 1. The Labute approximate surface area is 133 Å². The summed E-state index contributed by atoms with van der Waals surface area (Å²) >= 11 is 3.40. The molecule has 3 nitrogen and oxygen atoms in total. The van der Waals surface area contributed by atoms with Gasteiger partial charge in [0.25, 0.3) is 0 Å². The minimum Gasteiger partial charge on any atom is -0.496 e. The Hall–Kier alpha value is -1.81. The van der Waals surface area contributed by atoms with E-state index >= 15 is 0 Å². The molecule has 0 saturated carbocycles. The summed E-state index contributed by atoms with van der Waals surface area (Å²) in [6, 6.07) is 11.4. The number of Topliss-reactive ketones (excluding diaryl/α,β-unsaturated/α-hetero) is 1. The lowest BCUT2D eigenvalue weighted by Crippen LogP contribution is -2.14. The fourth-order valence-electron chi connectivity index (χ4n) is 2.06. The molecule has 0 radical (unpaired) electrons. The third-order valence-electron chi connectivity index (χ3n) is 3.52. The van der Waals surface area contributed by atoms with Crippen LogP contribution < -0.4 is 10.1 Å². The molecule has 0 bridgehead atoms. The van der Waals surface area contributed by atoms with Gasteiger partial charge in [-0.25, -0.2) is 0 Å². The van der Waals surface area contributed by atoms with Crippen LogP contribution in [-0.4, -0.2) is 19.4 Å². The average molecular weight is 348 g/mol. The Kier molecular flexibility index (Phi) is 5.02. The van der Waals surface area contributed by atoms with E-state index in [4.69, 9.17) is 4.74 Å². The van der Waals surface area contributed by atoms with Crippen molar-refractivity contribution in [1.82, 2.24) is 0 Å². The van der Waals surface area contributed by atoms with Gasteiger partial charge in [0.1, 0.15) is 5.75 Å². The largest absolute Gasteiger partial charge is 0.496 e. The van der Waals surface area contributed by atoms with Crippen molar-refractivity contribution in [3.63, 3.8) is 0 Å². The summed E-state index contributed by atoms with van der Waals surface area (Å²) in [5.74, 6) is 0.758. The molecule has 0 fully saturated rings. The molecule has 0 spiro atoms. The van der Waals surface area contributed by atoms with E-state index in [0.29, 0.717) is 11.3 Å². The molecule has 0 aliphatic heterocycles. The molecule has 2 rings (SSSR count). The molecular formula is C17H18BrNO2. The molecule has 0 aliphatic rings. The van der Waals surface area contributed by atoms with Crippen LogP contribution in [0.15, 0.2) is 40.9 Å². The predicted molar refractivity (Wildman–Crippen MR) is 89.4 cm³/mol. The molecule has 0 amide bonds. The van der Waals surface area contributed by atoms with Crippen LogP contribution in [-0.2, 0) is 0 Å². The highest BCUT2D eigenvalue weighted by Gasteiger charge is 2.09. The van der Waals surface area contributed by atoms with Gasteiger partial charge in [0.2, 0.25) is 0 Å². The number of anilines is 1. The van der Waals surface area contributed by atoms with Gasteiger partial charge in [0.15, 0.2) is 5.78 Å². The summed E-state index contributed by atoms with van der Waals surface area (Å²) in [6.45, 7) is 4.37. The molecule has 4 heteroatoms. The molecule has 0 atom stereocenters. The maximum absolute atomic E-state index is 12.2. The number of ketones is 1. The first-order valence-corrected chi connectivity index (χ1v) is 7.49. The van der Waals surface area contributed by atoms with E-state index in [-0.39, 0.29) is 12.3 Å². The SMILES string of the molecule is COc1ccc(C(=O)CNc2cccc(C)c2C)cc1Br. The van der Waals surface area contributed by atoms with E-state index < -0.39 is 0 Å². The van der Waals surface area contributed by atoms with E-state index in [0.717, 1.165) is 10.2 Å². The van der Waals surface area contributed by atoms with Crippen LogP contribution in [0.3, 0.4) is 0 Å². The third-order valence-corrected chi connectivity index (χ3v) is 4.14. The van der Waals surface area contributed by atoms with Crippen molar-refractivity contribution in [1.29, 1.82) is 0 Å². The lowest BCUT2D eigenvalue weighted by Gasteiger charge is -2.11. The second-order valence-electron chi connectivity index (χ2n) is 4.87. The number of hydrogen-bond donors (Lipinski definition) is 1. The van der Waals surface area contributed by atoms with Gasteiger partial charge in [-0.15, -0.1) is 0 Å². The van der Waals surface area contributed by atoms with E-state index in [1.807, 2.05) is 19.1 Å². The van der Waals surface area contributed by atoms with Crippen LogP contribution in [0.25, 0.3) is 0 Å². The molecular weight excluding hydrogens is 330 g/mol. The van der Waals surface area contributed by atoms with Gasteiger partial charge in [0, 0.05) is 11.3 Å². The van der Waals surface area contributed by atoms with Gasteiger partial charge in [0.05, 0.1) is 18.1 Å². The molecule has 0 aromatic heterocycles. The first kappa shape index (κ1) is 15.6. The van der Waals surface area contributed by atoms with Crippen LogP contribution in [0.5, 0.6) is 5.75 Å². The molecule has 0 saturated heterocycles. The zero-order valence-electron chi connectivity index (χ0n) is 12.4. The van der Waals surface area contributed by atoms with Gasteiger partial charge >= 0.3 is 0 Å². The van der Waals surface area contributed by atoms with Crippen molar-refractivity contribution in [2.75, 3.05) is 19.0 Å². The Balaban J connectivity index is 2.08. The predicted octanol–water partition coefficient (Wildman–Crippen LogP) is 4.37. The number of hydrogen-bond acceptors (Lipinski definition) is 3. The fraction of sp³-hybridized carbons (Fsp3) is 0.235. The van der Waals surface area contributed by atoms with Gasteiger partial charge in [-0.1, -0.05) is 12.1 Å². The molecule has 0 aliphatic carbocycles. The van der Waals surface area contributed by atoms with Crippen LogP contribution in [0.4, 0.5) is 5.69 Å². The van der Waals surface area contributed by atoms with Crippen LogP contribution >= 0.6 is 15.9 Å². The molecule has 0 unspecified atom stereocenters. The second kappa shape index (κ2) is 6.76. The third kappa shape index (κ3) is 3.64. The van der Waals surface area contributed by atoms with Gasteiger partial charge in [-0.2, -0.15) is 0 Å². The van der Waals surface area contributed by atoms with Crippen LogP contribution in [0.1, 0.15) is 21.5 Å². The molecule has 0 heterocycles. The smallest absolute Gasteiger partial charge is 0.181 e. The van der Waals surface area contributed by atoms with E-state index in [2.05, 4.69) is 34.2 Å². The van der Waals surface area contributed by atoms with Gasteiger partial charge < -0.3 is 10.1 Å². The summed E-state index contributed by atoms with van der Waals surface area (Å²) in [7, 11) is 1.60. The Morgan fingerprint density at radius 2 is 2.00 bits per heavy atom. The lowest BCUT2D eigenvalue weighted by molar-refractivity contribution is 0.101. The Morgan fingerprint density at radius 1 is 1.24 bits per heavy atom. The quantitative estimate of drug-likeness (QED) is 0.816. The fourth-order valence-corrected chi connectivity index (χ4v) is 2.60. The normalized spacial score (nSPS) is 10.3. The number of ether oxygens (including phenoxy) is 1. The number of halogens is 1. The van der Waals surface area contributed by atoms with Gasteiger partial charge in [-0.05, 0) is 65.2 Å². The van der Waals surface area contributed by atoms with Crippen molar-refractivity contribution >= 4 is 27.4 Å². The van der Waals surface area contributed by atoms with E-state index in [1.165, 1.54) is 11.1 Å². The Bertz CT molecular complexity index is 668. The molecule has 21 heavy (non-hydrogen) atoms. The number of nitrogens with one attached hydrogen (secondary N) is 1. The van der Waals surface area contributed by atoms with Crippen molar-refractivity contribution in [2.24, 2.45) is 0 Å². The summed E-state index contributed by atoms with van der Waals surface area (Å²) in [5.41, 5.74) is 4.03. The number of carbonyl (C=O) groups excluding carboxylic acids is 1. The molecule has 2 aromatic carbocycles. The van der Waals surface area contributed by atoms with Crippen LogP contribution in [0.2, 0.25) is 0 Å². The highest BCUT2D eigenvalue weighted by atomic mass is 79.9. The first-order valence-electron chi connectivity index (χ1n) is 6.69. The van der Waals surface area contributed by atoms with Crippen molar-refractivity contribution in [3.8, 4) is 5.75 Å². The monoisotopic (exact) mass is 347 g/mol. The lowest BCUT2D eigenvalue weighted by atomic mass is 10.1. The number of rotatable bonds is 5. The summed E-state index contributed by atoms with van der Waals surface area (Å²) in [5, 5.41) is 3.20. The minimum atomic E-state index is 0.0410. The first-order chi connectivity index (χ1) is 10.0. The zero-order valence-corrected chi connectivity index (χ0v) is 14.0. The molecule has 2 aromatic rings. The summed E-state index contributed by atoms with van der Waals surface area (Å²) < 4.78 is 5.94. The number of methoxy groups -OCH3 is 1.